The van der Waals surface area contributed by atoms with Gasteiger partial charge in [-0.1, -0.05) is 47.5 Å². The molecule has 0 saturated carbocycles. The van der Waals surface area contributed by atoms with Gasteiger partial charge in [-0.3, -0.25) is 39.7 Å². The molecule has 4 amide bonds. The van der Waals surface area contributed by atoms with Crippen LogP contribution in [0, 0.1) is 0 Å². The van der Waals surface area contributed by atoms with Crippen LogP contribution >= 0.6 is 23.2 Å². The maximum absolute atomic E-state index is 13.3. The summed E-state index contributed by atoms with van der Waals surface area (Å²) in [6, 6.07) is 16.1. The van der Waals surface area contributed by atoms with Crippen LogP contribution in [-0.2, 0) is 20.8 Å². The molecule has 4 rings (SSSR count). The third kappa shape index (κ3) is 7.41. The molecule has 1 aliphatic heterocycles. The van der Waals surface area contributed by atoms with Crippen molar-refractivity contribution >= 4 is 52.8 Å². The lowest BCUT2D eigenvalue weighted by Crippen LogP contribution is -2.54. The first-order chi connectivity index (χ1) is 19.6. The predicted molar refractivity (Wildman–Crippen MR) is 150 cm³/mol. The first-order valence-electron chi connectivity index (χ1n) is 12.5. The molecule has 3 aromatic rings. The zero-order valence-corrected chi connectivity index (χ0v) is 23.3. The van der Waals surface area contributed by atoms with Crippen LogP contribution in [-0.4, -0.2) is 47.1 Å². The smallest absolute Gasteiger partial charge is 0.308 e. The molecule has 0 fully saturated rings. The molecule has 3 aromatic carbocycles. The van der Waals surface area contributed by atoms with E-state index in [2.05, 4.69) is 10.9 Å². The Balaban J connectivity index is 1.39. The van der Waals surface area contributed by atoms with Crippen LogP contribution in [0.1, 0.15) is 46.0 Å². The van der Waals surface area contributed by atoms with Crippen LogP contribution in [0.3, 0.4) is 0 Å². The lowest BCUT2D eigenvalue weighted by atomic mass is 10.0. The fourth-order valence-electron chi connectivity index (χ4n) is 4.16. The van der Waals surface area contributed by atoms with Gasteiger partial charge in [0.15, 0.2) is 0 Å². The number of ether oxygens (including phenoxy) is 2. The van der Waals surface area contributed by atoms with Crippen LogP contribution in [0.4, 0.5) is 0 Å². The van der Waals surface area contributed by atoms with Gasteiger partial charge in [-0.2, -0.15) is 0 Å². The molecular formula is C29H25Cl2N3O7. The number of halogens is 2. The van der Waals surface area contributed by atoms with E-state index in [9.17, 15) is 24.0 Å². The second-order valence-electron chi connectivity index (χ2n) is 9.05. The molecule has 12 heteroatoms. The van der Waals surface area contributed by atoms with Gasteiger partial charge >= 0.3 is 5.97 Å². The van der Waals surface area contributed by atoms with E-state index in [4.69, 9.17) is 32.7 Å². The van der Waals surface area contributed by atoms with E-state index < -0.39 is 35.6 Å². The van der Waals surface area contributed by atoms with E-state index in [1.807, 2.05) is 0 Å². The van der Waals surface area contributed by atoms with Crippen LogP contribution in [0.2, 0.25) is 10.0 Å². The van der Waals surface area contributed by atoms with Gasteiger partial charge in [0.05, 0.1) is 22.8 Å². The fourth-order valence-corrected chi connectivity index (χ4v) is 4.62. The molecule has 10 nitrogen and oxygen atoms in total. The third-order valence-corrected chi connectivity index (χ3v) is 6.61. The lowest BCUT2D eigenvalue weighted by molar-refractivity contribution is -0.131. The van der Waals surface area contributed by atoms with Crippen molar-refractivity contribution in [2.24, 2.45) is 0 Å². The summed E-state index contributed by atoms with van der Waals surface area (Å²) in [6.07, 6.45) is 0.279. The van der Waals surface area contributed by atoms with Gasteiger partial charge in [0.1, 0.15) is 17.5 Å². The van der Waals surface area contributed by atoms with Crippen molar-refractivity contribution in [3.8, 4) is 11.5 Å². The number of fused-ring (bicyclic) bond motifs is 1. The van der Waals surface area contributed by atoms with Crippen molar-refractivity contribution < 1.29 is 33.4 Å². The monoisotopic (exact) mass is 597 g/mol. The normalized spacial score (nSPS) is 12.9. The summed E-state index contributed by atoms with van der Waals surface area (Å²) in [5, 5.41) is 0.811. The molecule has 0 spiro atoms. The Hall–Kier alpha value is -4.41. The highest BCUT2D eigenvalue weighted by Crippen LogP contribution is 2.28. The molecule has 1 unspecified atom stereocenters. The average molecular weight is 598 g/mol. The minimum absolute atomic E-state index is 0.0147. The van der Waals surface area contributed by atoms with Crippen LogP contribution in [0.25, 0.3) is 0 Å². The zero-order chi connectivity index (χ0) is 29.5. The highest BCUT2D eigenvalue weighted by Gasteiger charge is 2.42. The van der Waals surface area contributed by atoms with Crippen LogP contribution < -0.4 is 20.3 Å². The number of nitrogens with zero attached hydrogens (tertiary/aromatic N) is 1. The van der Waals surface area contributed by atoms with E-state index in [0.29, 0.717) is 33.5 Å². The van der Waals surface area contributed by atoms with Crippen molar-refractivity contribution in [3.63, 3.8) is 0 Å². The van der Waals surface area contributed by atoms with E-state index >= 15 is 0 Å². The van der Waals surface area contributed by atoms with Gasteiger partial charge in [-0.05, 0) is 54.4 Å². The summed E-state index contributed by atoms with van der Waals surface area (Å²) >= 11 is 11.9. The minimum atomic E-state index is -1.28. The third-order valence-electron chi connectivity index (χ3n) is 6.08. The van der Waals surface area contributed by atoms with Crippen molar-refractivity contribution in [2.45, 2.75) is 32.2 Å². The van der Waals surface area contributed by atoms with Gasteiger partial charge in [-0.15, -0.1) is 0 Å². The number of hydrazine groups is 1. The molecule has 1 atom stereocenters. The number of hydrogen-bond donors (Lipinski definition) is 2. The Morgan fingerprint density at radius 1 is 0.902 bits per heavy atom. The second kappa shape index (κ2) is 13.3. The van der Waals surface area contributed by atoms with Crippen molar-refractivity contribution in [2.75, 3.05) is 6.61 Å². The number of esters is 1. The summed E-state index contributed by atoms with van der Waals surface area (Å²) in [5.41, 5.74) is 5.61. The average Bonchev–Trinajstić information content (AvgIpc) is 3.19. The summed E-state index contributed by atoms with van der Waals surface area (Å²) in [7, 11) is 0. The molecule has 1 heterocycles. The Morgan fingerprint density at radius 2 is 1.56 bits per heavy atom. The quantitative estimate of drug-likeness (QED) is 0.118. The van der Waals surface area contributed by atoms with Gasteiger partial charge in [0.2, 0.25) is 5.91 Å². The highest BCUT2D eigenvalue weighted by molar-refractivity contribution is 6.35. The summed E-state index contributed by atoms with van der Waals surface area (Å²) in [6.45, 7) is 1.46. The molecule has 212 valence electrons. The first-order valence-corrected chi connectivity index (χ1v) is 13.3. The standard InChI is InChI=1S/C29H25Cl2N3O7/c1-17(35)41-20-11-8-18(9-12-20)15-24(34-28(38)21-5-2-3-6-22(21)29(34)39)27(37)33-32-26(36)7-4-14-40-25-13-10-19(30)16-23(25)31/h2-3,5-6,8-13,16,24H,4,7,14-15H2,1H3,(H,32,36)(H,33,37). The van der Waals surface area contributed by atoms with Crippen molar-refractivity contribution in [1.29, 1.82) is 0 Å². The van der Waals surface area contributed by atoms with E-state index in [1.165, 1.54) is 31.2 Å². The van der Waals surface area contributed by atoms with Crippen LogP contribution in [0.5, 0.6) is 11.5 Å². The lowest BCUT2D eigenvalue weighted by Gasteiger charge is -2.25. The Morgan fingerprint density at radius 3 is 2.17 bits per heavy atom. The molecule has 0 radical (unpaired) electrons. The highest BCUT2D eigenvalue weighted by atomic mass is 35.5. The second-order valence-corrected chi connectivity index (χ2v) is 9.89. The minimum Gasteiger partial charge on any atom is -0.492 e. The predicted octanol–water partition coefficient (Wildman–Crippen LogP) is 4.13. The van der Waals surface area contributed by atoms with E-state index in [1.54, 1.807) is 42.5 Å². The molecule has 0 aliphatic carbocycles. The van der Waals surface area contributed by atoms with Gasteiger partial charge < -0.3 is 9.47 Å². The Kier molecular flexibility index (Phi) is 9.59. The number of carbonyl (C=O) groups excluding carboxylic acids is 5. The van der Waals surface area contributed by atoms with E-state index in [0.717, 1.165) is 4.90 Å². The molecule has 0 aromatic heterocycles. The van der Waals surface area contributed by atoms with Gasteiger partial charge in [0.25, 0.3) is 17.7 Å². The van der Waals surface area contributed by atoms with E-state index in [-0.39, 0.29) is 30.6 Å². The zero-order valence-electron chi connectivity index (χ0n) is 21.8. The molecule has 1 aliphatic rings. The largest absolute Gasteiger partial charge is 0.492 e. The number of imide groups is 1. The molecule has 2 N–H and O–H groups in total. The first kappa shape index (κ1) is 29.6. The number of amides is 4. The number of hydrogen-bond acceptors (Lipinski definition) is 7. The summed E-state index contributed by atoms with van der Waals surface area (Å²) < 4.78 is 10.6. The van der Waals surface area contributed by atoms with Crippen LogP contribution in [0.15, 0.2) is 66.7 Å². The molecule has 0 bridgehead atoms. The molecule has 0 saturated heterocycles. The summed E-state index contributed by atoms with van der Waals surface area (Å²) in [4.78, 5) is 64.1. The Labute approximate surface area is 245 Å². The molecular weight excluding hydrogens is 573 g/mol. The topological polar surface area (TPSA) is 131 Å². The number of benzene rings is 3. The van der Waals surface area contributed by atoms with Gasteiger partial charge in [0, 0.05) is 24.8 Å². The fraction of sp³-hybridized carbons (Fsp3) is 0.207. The van der Waals surface area contributed by atoms with Gasteiger partial charge in [-0.25, -0.2) is 0 Å². The summed E-state index contributed by atoms with van der Waals surface area (Å²) in [5.74, 6) is -2.26. The maximum Gasteiger partial charge on any atom is 0.308 e. The van der Waals surface area contributed by atoms with Crippen molar-refractivity contribution in [1.82, 2.24) is 15.8 Å². The maximum atomic E-state index is 13.3. The molecule has 41 heavy (non-hydrogen) atoms. The Bertz CT molecular complexity index is 1460. The number of nitrogens with one attached hydrogen (secondary N) is 2. The van der Waals surface area contributed by atoms with Crippen molar-refractivity contribution in [3.05, 3.63) is 93.5 Å². The number of carbonyl (C=O) groups is 5. The number of rotatable bonds is 10. The SMILES string of the molecule is CC(=O)Oc1ccc(CC(C(=O)NNC(=O)CCCOc2ccc(Cl)cc2Cl)N2C(=O)c3ccccc3C2=O)cc1.